The van der Waals surface area contributed by atoms with Gasteiger partial charge in [0.1, 0.15) is 11.4 Å². The van der Waals surface area contributed by atoms with E-state index in [9.17, 15) is 13.5 Å². The van der Waals surface area contributed by atoms with Gasteiger partial charge in [-0.05, 0) is 110 Å². The van der Waals surface area contributed by atoms with Crippen molar-refractivity contribution in [3.63, 3.8) is 0 Å². The smallest absolute Gasteiger partial charge is 0.261 e. The van der Waals surface area contributed by atoms with Crippen molar-refractivity contribution in [1.29, 1.82) is 0 Å². The molecule has 0 unspecified atom stereocenters. The van der Waals surface area contributed by atoms with E-state index in [0.29, 0.717) is 40.6 Å². The molecule has 2 heterocycles. The molecule has 0 saturated heterocycles. The van der Waals surface area contributed by atoms with Crippen molar-refractivity contribution in [2.45, 2.75) is 48.5 Å². The first-order chi connectivity index (χ1) is 28.3. The Hall–Kier alpha value is -3.61. The van der Waals surface area contributed by atoms with Gasteiger partial charge in [-0.2, -0.15) is 46.3 Å². The maximum atomic E-state index is 11.0. The van der Waals surface area contributed by atoms with E-state index in [2.05, 4.69) is 63.0 Å². The summed E-state index contributed by atoms with van der Waals surface area (Å²) in [6, 6.07) is 21.0. The number of phenolic OH excluding ortho intramolecular Hbond substituents is 1. The van der Waals surface area contributed by atoms with Gasteiger partial charge in [0.15, 0.2) is 5.75 Å². The number of fused-ring (bicyclic) bond motifs is 1. The molecule has 0 atom stereocenters. The number of aryl methyl sites for hydroxylation is 3. The number of nitrogens with zero attached hydrogens (tertiary/aromatic N) is 12. The average Bonchev–Trinajstić information content (AvgIpc) is 3.20. The summed E-state index contributed by atoms with van der Waals surface area (Å²) in [5.74, 6) is 1.01. The summed E-state index contributed by atoms with van der Waals surface area (Å²) >= 11 is 11.0. The van der Waals surface area contributed by atoms with Crippen LogP contribution in [-0.2, 0) is 10.1 Å². The van der Waals surface area contributed by atoms with Gasteiger partial charge in [0, 0.05) is 83.8 Å². The number of phenols is 1. The first-order valence-electron chi connectivity index (χ1n) is 18.2. The summed E-state index contributed by atoms with van der Waals surface area (Å²) < 4.78 is 25.9. The second kappa shape index (κ2) is 31.3. The van der Waals surface area contributed by atoms with Crippen molar-refractivity contribution in [2.24, 2.45) is 20.5 Å². The molecule has 0 fully saturated rings. The first-order valence-corrected chi connectivity index (χ1v) is 20.8. The third-order valence-electron chi connectivity index (χ3n) is 6.98. The number of halogens is 2. The number of benzene rings is 4. The van der Waals surface area contributed by atoms with E-state index < -0.39 is 10.1 Å². The van der Waals surface area contributed by atoms with Crippen LogP contribution in [0.4, 0.5) is 40.3 Å². The molecule has 0 aliphatic heterocycles. The summed E-state index contributed by atoms with van der Waals surface area (Å²) in [4.78, 5) is 25.6. The van der Waals surface area contributed by atoms with Crippen LogP contribution in [0.1, 0.15) is 44.4 Å². The number of anilines is 3. The summed E-state index contributed by atoms with van der Waals surface area (Å²) in [7, 11) is 3.61. The zero-order valence-electron chi connectivity index (χ0n) is 36.5. The third-order valence-corrected chi connectivity index (χ3v) is 7.32. The summed E-state index contributed by atoms with van der Waals surface area (Å²) in [5.41, 5.74) is 11.9. The van der Waals surface area contributed by atoms with Gasteiger partial charge < -0.3 is 35.6 Å². The topological polar surface area (TPSA) is 234 Å². The molecule has 0 aliphatic rings. The van der Waals surface area contributed by atoms with E-state index in [4.69, 9.17) is 33.5 Å². The van der Waals surface area contributed by atoms with Crippen molar-refractivity contribution >= 4 is 84.4 Å². The Bertz CT molecular complexity index is 2410. The van der Waals surface area contributed by atoms with Crippen LogP contribution in [-0.4, -0.2) is 82.4 Å². The van der Waals surface area contributed by atoms with Crippen molar-refractivity contribution < 1.29 is 87.8 Å². The minimum atomic E-state index is -3.67. The largest absolute Gasteiger partial charge is 0.505 e. The van der Waals surface area contributed by atoms with Crippen molar-refractivity contribution in [1.82, 2.24) is 29.9 Å². The molecule has 0 amide bonds. The molecule has 2 aromatic heterocycles. The van der Waals surface area contributed by atoms with Crippen LogP contribution in [0.3, 0.4) is 0 Å². The third kappa shape index (κ3) is 21.6. The van der Waals surface area contributed by atoms with Gasteiger partial charge in [-0.3, -0.25) is 4.55 Å². The number of hydrogen-bond acceptors (Lipinski definition) is 16. The van der Waals surface area contributed by atoms with Gasteiger partial charge in [-0.15, -0.1) is 10.2 Å². The molecule has 62 heavy (non-hydrogen) atoms. The summed E-state index contributed by atoms with van der Waals surface area (Å²) in [5, 5.41) is 29.8. The molecule has 0 bridgehead atoms. The summed E-state index contributed by atoms with van der Waals surface area (Å²) in [6.45, 7) is 13.8. The van der Waals surface area contributed by atoms with Gasteiger partial charge in [-0.1, -0.05) is 70.2 Å². The van der Waals surface area contributed by atoms with Crippen LogP contribution in [0.25, 0.3) is 10.8 Å². The Labute approximate surface area is 429 Å². The minimum Gasteiger partial charge on any atom is -0.505 e. The maximum Gasteiger partial charge on any atom is 0.261 e. The van der Waals surface area contributed by atoms with Crippen LogP contribution in [0, 0.1) is 103 Å². The van der Waals surface area contributed by atoms with Crippen LogP contribution in [0.15, 0.2) is 87.2 Å². The van der Waals surface area contributed by atoms with Crippen LogP contribution >= 0.6 is 23.2 Å². The monoisotopic (exact) mass is 1280 g/mol. The second-order valence-electron chi connectivity index (χ2n) is 12.0. The number of nitrogens with two attached hydrogens (primary N) is 1. The Morgan fingerprint density at radius 2 is 1.10 bits per heavy atom. The van der Waals surface area contributed by atoms with Crippen molar-refractivity contribution in [3.05, 3.63) is 107 Å². The molecular weight excluding hydrogens is 1230 g/mol. The average molecular weight is 1280 g/mol. The van der Waals surface area contributed by atoms with E-state index in [1.54, 1.807) is 30.0 Å². The van der Waals surface area contributed by atoms with Crippen LogP contribution in [0.2, 0.25) is 10.6 Å². The molecule has 1 radical (unpaired) electrons. The number of aromatic nitrogens is 6. The fourth-order valence-corrected chi connectivity index (χ4v) is 4.65. The zero-order chi connectivity index (χ0) is 45.6. The molecule has 6 rings (SSSR count). The van der Waals surface area contributed by atoms with Crippen LogP contribution < -0.4 is 15.5 Å². The maximum absolute atomic E-state index is 11.0. The van der Waals surface area contributed by atoms with Crippen molar-refractivity contribution in [3.8, 4) is 5.75 Å². The number of azo groups is 2. The molecule has 0 aliphatic carbocycles. The van der Waals surface area contributed by atoms with Gasteiger partial charge in [0.2, 0.25) is 16.5 Å². The number of hydrogen-bond donors (Lipinski definition) is 3. The molecule has 17 nitrogen and oxygen atoms in total. The normalized spacial score (nSPS) is 10.0. The number of aromatic hydroxyl groups is 1. The van der Waals surface area contributed by atoms with E-state index in [-0.39, 0.29) is 86.0 Å². The Balaban J connectivity index is 0. The van der Waals surface area contributed by atoms with E-state index in [1.807, 2.05) is 123 Å². The zero-order valence-corrected chi connectivity index (χ0v) is 45.1. The number of nitrogen functional groups attached to an aromatic ring is 1. The van der Waals surface area contributed by atoms with Gasteiger partial charge in [0.25, 0.3) is 10.1 Å². The first kappa shape index (κ1) is 60.5. The Morgan fingerprint density at radius 1 is 0.677 bits per heavy atom. The predicted molar refractivity (Wildman–Crippen MR) is 242 cm³/mol. The quantitative estimate of drug-likeness (QED) is 0.0610. The minimum absolute atomic E-state index is 0. The van der Waals surface area contributed by atoms with Crippen molar-refractivity contribution in [2.75, 3.05) is 50.0 Å². The number of rotatable bonds is 6. The van der Waals surface area contributed by atoms with Gasteiger partial charge in [-0.25, -0.2) is 0 Å². The second-order valence-corrected chi connectivity index (χ2v) is 14.1. The molecule has 0 spiro atoms. The predicted octanol–water partition coefficient (Wildman–Crippen LogP) is 10.2. The molecular formula is C40H51Cl2N13O4STbU-2. The van der Waals surface area contributed by atoms with Crippen LogP contribution in [0.5, 0.6) is 5.75 Å². The van der Waals surface area contributed by atoms with Gasteiger partial charge in [0.05, 0.1) is 28.7 Å². The molecule has 0 saturated carbocycles. The standard InChI is InChI=1S/C25H23N5O.C5H6Cl2N4.C5H6N4.2C2H6.CH4O3S.Tb.U/c1-15-8-4-6-10-19(15)27-29-21-13-12-18-14-17(3)24(25(31)22(18)23(21)26)30-28-20-11-7-5-9-16(20)2;1-11(2)5-9-3(6)8-4(7)10-5;1-9(2)5-7-3-6-4-8-5;2*1-2;1-5(2,3)4;;/h4-14,31H,26H2,1-3H3;1-2H3;1-2H3;2*1-2H3;1H3,(H,2,3,4);;/q;;-2;;;;;. The molecule has 4 N–H and O–H groups in total. The van der Waals surface area contributed by atoms with E-state index in [0.717, 1.165) is 33.5 Å². The fraction of sp³-hybridized carbons (Fsp3) is 0.300. The van der Waals surface area contributed by atoms with E-state index >= 15 is 0 Å². The van der Waals surface area contributed by atoms with Gasteiger partial charge >= 0.3 is 0 Å². The molecule has 6 aromatic rings. The Morgan fingerprint density at radius 3 is 1.52 bits per heavy atom. The molecule has 4 aromatic carbocycles. The SMILES string of the molecule is CC.CC.CN(C)c1n[c-]n[c-]n1.CN(C)c1nc(Cl)nc(Cl)n1.CS(=O)(=O)O.Cc1ccccc1N=Nc1ccc2cc(C)c(N=Nc3ccccc3C)c(O)c2c1N.[Tb].[U]. The fourth-order valence-electron chi connectivity index (χ4n) is 4.30. The molecule has 335 valence electrons. The Kier molecular flexibility index (Phi) is 30.5. The molecule has 22 heteroatoms. The summed E-state index contributed by atoms with van der Waals surface area (Å²) in [6.07, 6.45) is 5.48. The van der Waals surface area contributed by atoms with E-state index in [1.165, 1.54) is 0 Å².